The first kappa shape index (κ1) is 10.4. The van der Waals surface area contributed by atoms with Gasteiger partial charge in [-0.15, -0.1) is 0 Å². The summed E-state index contributed by atoms with van der Waals surface area (Å²) in [5.74, 6) is 1.07. The fraction of sp³-hybridized carbons (Fsp3) is 0.533. The molecule has 18 heavy (non-hydrogen) atoms. The number of H-pyrrole nitrogens is 1. The molecule has 3 heteroatoms. The summed E-state index contributed by atoms with van der Waals surface area (Å²) in [7, 11) is 0. The number of para-hydroxylation sites is 2. The van der Waals surface area contributed by atoms with Gasteiger partial charge in [0, 0.05) is 13.1 Å². The van der Waals surface area contributed by atoms with E-state index in [1.54, 1.807) is 0 Å². The molecule has 1 aliphatic heterocycles. The average Bonchev–Trinajstić information content (AvgIpc) is 3.10. The lowest BCUT2D eigenvalue weighted by molar-refractivity contribution is 0.340. The molecule has 0 atom stereocenters. The number of rotatable bonds is 1. The highest BCUT2D eigenvalue weighted by Crippen LogP contribution is 2.45. The van der Waals surface area contributed by atoms with Crippen molar-refractivity contribution >= 4 is 17.0 Å². The number of anilines is 1. The number of aromatic amines is 1. The summed E-state index contributed by atoms with van der Waals surface area (Å²) in [6.07, 6.45) is 7.04. The van der Waals surface area contributed by atoms with Gasteiger partial charge in [-0.1, -0.05) is 25.0 Å². The third-order valence-electron chi connectivity index (χ3n) is 4.78. The summed E-state index contributed by atoms with van der Waals surface area (Å²) in [5, 5.41) is 0. The molecule has 0 bridgehead atoms. The second-order valence-electron chi connectivity index (χ2n) is 5.96. The maximum absolute atomic E-state index is 4.72. The third-order valence-corrected chi connectivity index (χ3v) is 4.78. The standard InChI is InChI=1S/C15H19N3/c1-2-6-13-12(5-1)16-14(17-13)18-10-9-15(11-18)7-3-4-8-15/h1-2,5-6H,3-4,7-11H2,(H,16,17). The molecule has 94 valence electrons. The molecule has 1 spiro atoms. The molecule has 1 aromatic heterocycles. The minimum atomic E-state index is 0.610. The van der Waals surface area contributed by atoms with Crippen LogP contribution in [0.25, 0.3) is 11.0 Å². The fourth-order valence-corrected chi connectivity index (χ4v) is 3.74. The Kier molecular flexibility index (Phi) is 2.16. The van der Waals surface area contributed by atoms with Crippen LogP contribution in [0, 0.1) is 5.41 Å². The summed E-state index contributed by atoms with van der Waals surface area (Å²) < 4.78 is 0. The van der Waals surface area contributed by atoms with Crippen LogP contribution in [0.1, 0.15) is 32.1 Å². The zero-order valence-electron chi connectivity index (χ0n) is 10.7. The number of fused-ring (bicyclic) bond motifs is 1. The lowest BCUT2D eigenvalue weighted by Gasteiger charge is -2.23. The molecule has 2 fully saturated rings. The monoisotopic (exact) mass is 241 g/mol. The van der Waals surface area contributed by atoms with E-state index in [1.165, 1.54) is 45.2 Å². The minimum Gasteiger partial charge on any atom is -0.342 e. The molecule has 1 saturated carbocycles. The number of aromatic nitrogens is 2. The first-order valence-corrected chi connectivity index (χ1v) is 7.04. The maximum atomic E-state index is 4.72. The number of hydrogen-bond acceptors (Lipinski definition) is 2. The summed E-state index contributed by atoms with van der Waals surface area (Å²) >= 11 is 0. The smallest absolute Gasteiger partial charge is 0.203 e. The lowest BCUT2D eigenvalue weighted by Crippen LogP contribution is -2.25. The van der Waals surface area contributed by atoms with E-state index < -0.39 is 0 Å². The van der Waals surface area contributed by atoms with Gasteiger partial charge in [0.1, 0.15) is 0 Å². The largest absolute Gasteiger partial charge is 0.342 e. The van der Waals surface area contributed by atoms with Gasteiger partial charge in [0.25, 0.3) is 0 Å². The van der Waals surface area contributed by atoms with E-state index in [4.69, 9.17) is 4.98 Å². The van der Waals surface area contributed by atoms with Crippen LogP contribution in [0.4, 0.5) is 5.95 Å². The van der Waals surface area contributed by atoms with Crippen molar-refractivity contribution in [3.05, 3.63) is 24.3 Å². The molecule has 0 amide bonds. The Balaban J connectivity index is 1.64. The van der Waals surface area contributed by atoms with Crippen LogP contribution in [0.15, 0.2) is 24.3 Å². The van der Waals surface area contributed by atoms with Crippen LogP contribution >= 0.6 is 0 Å². The fourth-order valence-electron chi connectivity index (χ4n) is 3.74. The molecule has 2 aromatic rings. The highest BCUT2D eigenvalue weighted by Gasteiger charge is 2.40. The number of nitrogens with one attached hydrogen (secondary N) is 1. The molecule has 1 saturated heterocycles. The molecule has 0 unspecified atom stereocenters. The van der Waals surface area contributed by atoms with Crippen LogP contribution in [0.3, 0.4) is 0 Å². The van der Waals surface area contributed by atoms with Crippen LogP contribution in [0.2, 0.25) is 0 Å². The molecule has 0 radical (unpaired) electrons. The predicted molar refractivity (Wildman–Crippen MR) is 73.8 cm³/mol. The first-order chi connectivity index (χ1) is 8.85. The Labute approximate surface area is 107 Å². The molecule has 1 aliphatic carbocycles. The Morgan fingerprint density at radius 2 is 1.94 bits per heavy atom. The first-order valence-electron chi connectivity index (χ1n) is 7.04. The maximum Gasteiger partial charge on any atom is 0.203 e. The highest BCUT2D eigenvalue weighted by atomic mass is 15.3. The summed E-state index contributed by atoms with van der Waals surface area (Å²) in [6, 6.07) is 8.30. The van der Waals surface area contributed by atoms with E-state index in [-0.39, 0.29) is 0 Å². The average molecular weight is 241 g/mol. The van der Waals surface area contributed by atoms with Crippen LogP contribution < -0.4 is 4.90 Å². The number of nitrogens with zero attached hydrogens (tertiary/aromatic N) is 2. The topological polar surface area (TPSA) is 31.9 Å². The van der Waals surface area contributed by atoms with Crippen molar-refractivity contribution in [3.63, 3.8) is 0 Å². The van der Waals surface area contributed by atoms with Crippen molar-refractivity contribution in [1.82, 2.24) is 9.97 Å². The number of benzene rings is 1. The van der Waals surface area contributed by atoms with Gasteiger partial charge < -0.3 is 9.88 Å². The van der Waals surface area contributed by atoms with Crippen molar-refractivity contribution < 1.29 is 0 Å². The van der Waals surface area contributed by atoms with Gasteiger partial charge in [0.05, 0.1) is 11.0 Å². The van der Waals surface area contributed by atoms with E-state index in [0.717, 1.165) is 17.0 Å². The molecule has 2 aliphatic rings. The zero-order chi connectivity index (χ0) is 12.0. The lowest BCUT2D eigenvalue weighted by atomic mass is 9.86. The summed E-state index contributed by atoms with van der Waals surface area (Å²) in [6.45, 7) is 2.37. The van der Waals surface area contributed by atoms with E-state index in [9.17, 15) is 0 Å². The normalized spacial score (nSPS) is 22.3. The number of imidazole rings is 1. The van der Waals surface area contributed by atoms with Crippen molar-refractivity contribution in [2.45, 2.75) is 32.1 Å². The Hall–Kier alpha value is -1.51. The number of hydrogen-bond donors (Lipinski definition) is 1. The van der Waals surface area contributed by atoms with Gasteiger partial charge in [0.2, 0.25) is 5.95 Å². The molecule has 2 heterocycles. The van der Waals surface area contributed by atoms with Crippen molar-refractivity contribution in [2.24, 2.45) is 5.41 Å². The molecular weight excluding hydrogens is 222 g/mol. The molecule has 1 aromatic carbocycles. The Morgan fingerprint density at radius 3 is 2.78 bits per heavy atom. The molecule has 1 N–H and O–H groups in total. The SMILES string of the molecule is c1ccc2[nH]c(N3CCC4(CCCC4)C3)nc2c1. The van der Waals surface area contributed by atoms with Crippen LogP contribution in [-0.4, -0.2) is 23.1 Å². The minimum absolute atomic E-state index is 0.610. The quantitative estimate of drug-likeness (QED) is 0.830. The molecule has 3 nitrogen and oxygen atoms in total. The molecule has 4 rings (SSSR count). The van der Waals surface area contributed by atoms with E-state index in [0.29, 0.717) is 5.41 Å². The summed E-state index contributed by atoms with van der Waals surface area (Å²) in [4.78, 5) is 10.6. The second kappa shape index (κ2) is 3.74. The third kappa shape index (κ3) is 1.53. The van der Waals surface area contributed by atoms with Gasteiger partial charge in [0.15, 0.2) is 0 Å². The van der Waals surface area contributed by atoms with Crippen LogP contribution in [0.5, 0.6) is 0 Å². The van der Waals surface area contributed by atoms with E-state index in [2.05, 4.69) is 34.1 Å². The van der Waals surface area contributed by atoms with Gasteiger partial charge in [-0.05, 0) is 36.8 Å². The van der Waals surface area contributed by atoms with Crippen molar-refractivity contribution in [2.75, 3.05) is 18.0 Å². The molecular formula is C15H19N3. The zero-order valence-corrected chi connectivity index (χ0v) is 10.7. The highest BCUT2D eigenvalue weighted by molar-refractivity contribution is 5.77. The second-order valence-corrected chi connectivity index (χ2v) is 5.96. The van der Waals surface area contributed by atoms with E-state index >= 15 is 0 Å². The van der Waals surface area contributed by atoms with Crippen LogP contribution in [-0.2, 0) is 0 Å². The van der Waals surface area contributed by atoms with Gasteiger partial charge >= 0.3 is 0 Å². The van der Waals surface area contributed by atoms with Gasteiger partial charge in [-0.3, -0.25) is 0 Å². The van der Waals surface area contributed by atoms with Gasteiger partial charge in [-0.2, -0.15) is 0 Å². The van der Waals surface area contributed by atoms with Crippen molar-refractivity contribution in [3.8, 4) is 0 Å². The Bertz CT molecular complexity index is 533. The predicted octanol–water partition coefficient (Wildman–Crippen LogP) is 3.33. The van der Waals surface area contributed by atoms with Crippen molar-refractivity contribution in [1.29, 1.82) is 0 Å². The van der Waals surface area contributed by atoms with E-state index in [1.807, 2.05) is 0 Å². The van der Waals surface area contributed by atoms with Gasteiger partial charge in [-0.25, -0.2) is 4.98 Å². The Morgan fingerprint density at radius 1 is 1.11 bits per heavy atom. The summed E-state index contributed by atoms with van der Waals surface area (Å²) in [5.41, 5.74) is 2.85.